The number of aromatic hydroxyl groups is 1. The molecular weight excluding hydrogens is 358 g/mol. The van der Waals surface area contributed by atoms with Gasteiger partial charge in [-0.05, 0) is 78.2 Å². The van der Waals surface area contributed by atoms with Crippen molar-refractivity contribution < 1.29 is 14.6 Å². The Labute approximate surface area is 144 Å². The largest absolute Gasteiger partial charge is 0.506 e. The first-order valence-electron chi connectivity index (χ1n) is 7.24. The van der Waals surface area contributed by atoms with Gasteiger partial charge in [0.05, 0.1) is 22.3 Å². The standard InChI is InChI=1S/C18H18BrNO3/c1-4-23-18(22)13-5-7-15(8-6-13)20-10-14-9-11(2)12(3)16(19)17(14)21/h5-10,21H,4H2,1-3H3. The van der Waals surface area contributed by atoms with Crippen LogP contribution in [-0.4, -0.2) is 23.9 Å². The number of ether oxygens (including phenoxy) is 1. The molecule has 0 amide bonds. The average molecular weight is 376 g/mol. The van der Waals surface area contributed by atoms with E-state index in [-0.39, 0.29) is 11.7 Å². The van der Waals surface area contributed by atoms with E-state index in [1.54, 1.807) is 37.4 Å². The molecule has 0 aromatic heterocycles. The van der Waals surface area contributed by atoms with Gasteiger partial charge in [0.15, 0.2) is 0 Å². The maximum atomic E-state index is 11.6. The fraction of sp³-hybridized carbons (Fsp3) is 0.222. The summed E-state index contributed by atoms with van der Waals surface area (Å²) in [6.07, 6.45) is 1.60. The minimum absolute atomic E-state index is 0.167. The van der Waals surface area contributed by atoms with Crippen molar-refractivity contribution in [2.45, 2.75) is 20.8 Å². The van der Waals surface area contributed by atoms with Crippen LogP contribution in [0.2, 0.25) is 0 Å². The van der Waals surface area contributed by atoms with E-state index < -0.39 is 0 Å². The number of hydrogen-bond donors (Lipinski definition) is 1. The molecule has 1 N–H and O–H groups in total. The van der Waals surface area contributed by atoms with Crippen LogP contribution >= 0.6 is 15.9 Å². The van der Waals surface area contributed by atoms with E-state index in [2.05, 4.69) is 20.9 Å². The van der Waals surface area contributed by atoms with Gasteiger partial charge < -0.3 is 9.84 Å². The zero-order chi connectivity index (χ0) is 17.0. The third-order valence-corrected chi connectivity index (χ3v) is 4.48. The van der Waals surface area contributed by atoms with Crippen LogP contribution in [0.25, 0.3) is 0 Å². The summed E-state index contributed by atoms with van der Waals surface area (Å²) in [4.78, 5) is 15.9. The first-order chi connectivity index (χ1) is 10.9. The number of nitrogens with zero attached hydrogens (tertiary/aromatic N) is 1. The molecule has 2 aromatic carbocycles. The molecule has 0 fully saturated rings. The highest BCUT2D eigenvalue weighted by Crippen LogP contribution is 2.32. The van der Waals surface area contributed by atoms with Gasteiger partial charge in [-0.3, -0.25) is 4.99 Å². The number of phenols is 1. The predicted molar refractivity (Wildman–Crippen MR) is 94.9 cm³/mol. The Morgan fingerprint density at radius 1 is 1.30 bits per heavy atom. The van der Waals surface area contributed by atoms with Crippen LogP contribution in [0.4, 0.5) is 5.69 Å². The van der Waals surface area contributed by atoms with Gasteiger partial charge in [-0.2, -0.15) is 0 Å². The predicted octanol–water partition coefficient (Wildman–Crippen LogP) is 4.70. The first kappa shape index (κ1) is 17.2. The fourth-order valence-corrected chi connectivity index (χ4v) is 2.57. The molecule has 0 aliphatic rings. The Hall–Kier alpha value is -2.14. The quantitative estimate of drug-likeness (QED) is 0.622. The Morgan fingerprint density at radius 3 is 2.57 bits per heavy atom. The van der Waals surface area contributed by atoms with Gasteiger partial charge in [-0.1, -0.05) is 0 Å². The van der Waals surface area contributed by atoms with Crippen LogP contribution in [0.3, 0.4) is 0 Å². The third-order valence-electron chi connectivity index (χ3n) is 3.51. The van der Waals surface area contributed by atoms with Gasteiger partial charge in [-0.15, -0.1) is 0 Å². The van der Waals surface area contributed by atoms with Gasteiger partial charge >= 0.3 is 5.97 Å². The highest BCUT2D eigenvalue weighted by molar-refractivity contribution is 9.10. The number of carbonyl (C=O) groups excluding carboxylic acids is 1. The number of benzene rings is 2. The molecule has 0 saturated heterocycles. The lowest BCUT2D eigenvalue weighted by molar-refractivity contribution is 0.0526. The van der Waals surface area contributed by atoms with E-state index in [0.29, 0.717) is 27.9 Å². The van der Waals surface area contributed by atoms with Crippen LogP contribution in [0.1, 0.15) is 34.0 Å². The fourth-order valence-electron chi connectivity index (χ4n) is 2.03. The van der Waals surface area contributed by atoms with E-state index in [9.17, 15) is 9.90 Å². The Bertz CT molecular complexity index is 752. The summed E-state index contributed by atoms with van der Waals surface area (Å²) in [5, 5.41) is 10.2. The second-order valence-electron chi connectivity index (χ2n) is 5.10. The lowest BCUT2D eigenvalue weighted by Gasteiger charge is -2.08. The Balaban J connectivity index is 2.23. The van der Waals surface area contributed by atoms with E-state index in [4.69, 9.17) is 4.74 Å². The second kappa shape index (κ2) is 7.42. The van der Waals surface area contributed by atoms with Gasteiger partial charge in [-0.25, -0.2) is 4.79 Å². The van der Waals surface area contributed by atoms with Crippen molar-refractivity contribution in [3.63, 3.8) is 0 Å². The molecule has 0 atom stereocenters. The third kappa shape index (κ3) is 3.99. The van der Waals surface area contributed by atoms with Crippen molar-refractivity contribution in [1.82, 2.24) is 0 Å². The van der Waals surface area contributed by atoms with Crippen molar-refractivity contribution in [2.75, 3.05) is 6.61 Å². The highest BCUT2D eigenvalue weighted by Gasteiger charge is 2.09. The molecule has 2 aromatic rings. The van der Waals surface area contributed by atoms with Crippen LogP contribution in [-0.2, 0) is 4.74 Å². The summed E-state index contributed by atoms with van der Waals surface area (Å²) in [6.45, 7) is 6.03. The molecule has 23 heavy (non-hydrogen) atoms. The second-order valence-corrected chi connectivity index (χ2v) is 5.89. The molecule has 5 heteroatoms. The minimum atomic E-state index is -0.348. The van der Waals surface area contributed by atoms with E-state index in [1.165, 1.54) is 0 Å². The zero-order valence-electron chi connectivity index (χ0n) is 13.3. The van der Waals surface area contributed by atoms with Crippen LogP contribution < -0.4 is 0 Å². The van der Waals surface area contributed by atoms with E-state index in [0.717, 1.165) is 11.1 Å². The lowest BCUT2D eigenvalue weighted by Crippen LogP contribution is -2.03. The molecule has 0 bridgehead atoms. The van der Waals surface area contributed by atoms with E-state index >= 15 is 0 Å². The molecule has 0 saturated carbocycles. The van der Waals surface area contributed by atoms with Crippen LogP contribution in [0.5, 0.6) is 5.75 Å². The Morgan fingerprint density at radius 2 is 1.96 bits per heavy atom. The first-order valence-corrected chi connectivity index (χ1v) is 8.03. The minimum Gasteiger partial charge on any atom is -0.506 e. The monoisotopic (exact) mass is 375 g/mol. The SMILES string of the molecule is CCOC(=O)c1ccc(N=Cc2cc(C)c(C)c(Br)c2O)cc1. The van der Waals surface area contributed by atoms with Crippen molar-refractivity contribution in [2.24, 2.45) is 4.99 Å². The van der Waals surface area contributed by atoms with Crippen LogP contribution in [0.15, 0.2) is 39.8 Å². The number of esters is 1. The summed E-state index contributed by atoms with van der Waals surface area (Å²) in [5.41, 5.74) is 3.87. The highest BCUT2D eigenvalue weighted by atomic mass is 79.9. The molecule has 0 radical (unpaired) electrons. The molecule has 0 unspecified atom stereocenters. The van der Waals surface area contributed by atoms with Crippen molar-refractivity contribution in [1.29, 1.82) is 0 Å². The normalized spacial score (nSPS) is 11.0. The maximum Gasteiger partial charge on any atom is 0.338 e. The van der Waals surface area contributed by atoms with Gasteiger partial charge in [0.25, 0.3) is 0 Å². The van der Waals surface area contributed by atoms with Gasteiger partial charge in [0.1, 0.15) is 5.75 Å². The summed E-state index contributed by atoms with van der Waals surface area (Å²) >= 11 is 3.38. The molecule has 0 heterocycles. The summed E-state index contributed by atoms with van der Waals surface area (Å²) < 4.78 is 5.61. The maximum absolute atomic E-state index is 11.6. The molecule has 0 aliphatic carbocycles. The Kier molecular flexibility index (Phi) is 5.55. The number of hydrogen-bond acceptors (Lipinski definition) is 4. The molecule has 4 nitrogen and oxygen atoms in total. The molecule has 2 rings (SSSR count). The topological polar surface area (TPSA) is 58.9 Å². The number of carbonyl (C=O) groups is 1. The van der Waals surface area contributed by atoms with E-state index in [1.807, 2.05) is 19.9 Å². The van der Waals surface area contributed by atoms with Gasteiger partial charge in [0.2, 0.25) is 0 Å². The van der Waals surface area contributed by atoms with Crippen molar-refractivity contribution >= 4 is 33.8 Å². The molecule has 0 aliphatic heterocycles. The van der Waals surface area contributed by atoms with Gasteiger partial charge in [0, 0.05) is 11.8 Å². The number of aryl methyl sites for hydroxylation is 1. The smallest absolute Gasteiger partial charge is 0.338 e. The number of aliphatic imine (C=N–C) groups is 1. The van der Waals surface area contributed by atoms with Crippen molar-refractivity contribution in [3.8, 4) is 5.75 Å². The lowest BCUT2D eigenvalue weighted by atomic mass is 10.1. The number of halogens is 1. The molecule has 120 valence electrons. The average Bonchev–Trinajstić information content (AvgIpc) is 2.55. The number of phenolic OH excluding ortho intramolecular Hbond substituents is 1. The zero-order valence-corrected chi connectivity index (χ0v) is 14.8. The summed E-state index contributed by atoms with van der Waals surface area (Å²) in [6, 6.07) is 8.68. The summed E-state index contributed by atoms with van der Waals surface area (Å²) in [5.74, 6) is -0.182. The van der Waals surface area contributed by atoms with Crippen LogP contribution in [0, 0.1) is 13.8 Å². The van der Waals surface area contributed by atoms with Crippen molar-refractivity contribution in [3.05, 3.63) is 57.1 Å². The molecule has 0 spiro atoms. The summed E-state index contributed by atoms with van der Waals surface area (Å²) in [7, 11) is 0. The molecular formula is C18H18BrNO3. The number of rotatable bonds is 4.